The molecule has 0 rings (SSSR count). The van der Waals surface area contributed by atoms with Gasteiger partial charge in [-0.3, -0.25) is 4.79 Å². The van der Waals surface area contributed by atoms with Crippen LogP contribution in [0.5, 0.6) is 0 Å². The minimum Gasteiger partial charge on any atom is -0.341 e. The minimum atomic E-state index is -0.325. The first kappa shape index (κ1) is 16.4. The topological polar surface area (TPSA) is 46.3 Å². The number of hydrogen-bond donors (Lipinski definition) is 1. The summed E-state index contributed by atoms with van der Waals surface area (Å²) < 4.78 is 0. The number of hydrogen-bond acceptors (Lipinski definition) is 2. The Bertz CT molecular complexity index is 198. The number of amides is 1. The molecule has 0 radical (unpaired) electrons. The lowest BCUT2D eigenvalue weighted by Gasteiger charge is -2.28. The molecule has 0 aliphatic carbocycles. The maximum absolute atomic E-state index is 12.3. The zero-order chi connectivity index (χ0) is 13.3. The molecule has 17 heavy (non-hydrogen) atoms. The standard InChI is InChI=1S/C14H30N2O/c1-5-8-10-16(11-9-6-2)14(17)13(15)12(4)7-3/h12-13H,5-11,15H2,1-4H3/t12-,13-/m0/s1. The van der Waals surface area contributed by atoms with Gasteiger partial charge in [-0.1, -0.05) is 47.0 Å². The lowest BCUT2D eigenvalue weighted by atomic mass is 9.98. The van der Waals surface area contributed by atoms with Crippen LogP contribution in [0.3, 0.4) is 0 Å². The van der Waals surface area contributed by atoms with Crippen LogP contribution in [0.15, 0.2) is 0 Å². The third kappa shape index (κ3) is 6.06. The molecule has 0 spiro atoms. The molecule has 0 saturated carbocycles. The van der Waals surface area contributed by atoms with Crippen molar-refractivity contribution in [3.05, 3.63) is 0 Å². The molecule has 2 N–H and O–H groups in total. The van der Waals surface area contributed by atoms with Crippen LogP contribution in [0, 0.1) is 5.92 Å². The highest BCUT2D eigenvalue weighted by Gasteiger charge is 2.24. The Morgan fingerprint density at radius 1 is 1.12 bits per heavy atom. The van der Waals surface area contributed by atoms with E-state index in [4.69, 9.17) is 5.73 Å². The van der Waals surface area contributed by atoms with Gasteiger partial charge in [-0.25, -0.2) is 0 Å². The largest absolute Gasteiger partial charge is 0.341 e. The van der Waals surface area contributed by atoms with Crippen LogP contribution >= 0.6 is 0 Å². The fourth-order valence-electron chi connectivity index (χ4n) is 1.74. The highest BCUT2D eigenvalue weighted by molar-refractivity contribution is 5.81. The van der Waals surface area contributed by atoms with Crippen LogP contribution < -0.4 is 5.73 Å². The van der Waals surface area contributed by atoms with Crippen LogP contribution in [0.25, 0.3) is 0 Å². The Morgan fingerprint density at radius 3 is 1.94 bits per heavy atom. The van der Waals surface area contributed by atoms with Crippen molar-refractivity contribution in [2.24, 2.45) is 11.7 Å². The summed E-state index contributed by atoms with van der Waals surface area (Å²) in [5.41, 5.74) is 6.02. The summed E-state index contributed by atoms with van der Waals surface area (Å²) in [4.78, 5) is 14.2. The molecule has 0 bridgehead atoms. The molecule has 3 nitrogen and oxygen atoms in total. The monoisotopic (exact) mass is 242 g/mol. The van der Waals surface area contributed by atoms with Crippen LogP contribution in [-0.4, -0.2) is 29.9 Å². The number of carbonyl (C=O) groups excluding carboxylic acids is 1. The van der Waals surface area contributed by atoms with E-state index in [0.29, 0.717) is 0 Å². The Morgan fingerprint density at radius 2 is 1.59 bits per heavy atom. The first-order valence-electron chi connectivity index (χ1n) is 7.12. The first-order chi connectivity index (χ1) is 8.08. The van der Waals surface area contributed by atoms with Crippen molar-refractivity contribution in [3.63, 3.8) is 0 Å². The average molecular weight is 242 g/mol. The SMILES string of the molecule is CCCCN(CCCC)C(=O)[C@@H](N)[C@@H](C)CC. The van der Waals surface area contributed by atoms with E-state index in [-0.39, 0.29) is 17.9 Å². The van der Waals surface area contributed by atoms with Crippen LogP contribution in [-0.2, 0) is 4.79 Å². The molecule has 0 unspecified atom stereocenters. The molecule has 0 aromatic carbocycles. The molecule has 0 saturated heterocycles. The minimum absolute atomic E-state index is 0.140. The fourth-order valence-corrected chi connectivity index (χ4v) is 1.74. The van der Waals surface area contributed by atoms with Gasteiger partial charge in [0.05, 0.1) is 6.04 Å². The van der Waals surface area contributed by atoms with E-state index in [2.05, 4.69) is 27.7 Å². The quantitative estimate of drug-likeness (QED) is 0.676. The molecule has 2 atom stereocenters. The summed E-state index contributed by atoms with van der Waals surface area (Å²) in [5, 5.41) is 0. The molecular weight excluding hydrogens is 212 g/mol. The summed E-state index contributed by atoms with van der Waals surface area (Å²) in [6, 6.07) is -0.325. The number of rotatable bonds is 9. The predicted molar refractivity (Wildman–Crippen MR) is 73.8 cm³/mol. The van der Waals surface area contributed by atoms with Crippen LogP contribution in [0.2, 0.25) is 0 Å². The molecule has 0 aromatic rings. The predicted octanol–water partition coefficient (Wildman–Crippen LogP) is 2.79. The van der Waals surface area contributed by atoms with Crippen molar-refractivity contribution >= 4 is 5.91 Å². The highest BCUT2D eigenvalue weighted by Crippen LogP contribution is 2.10. The summed E-state index contributed by atoms with van der Waals surface area (Å²) in [6.45, 7) is 10.2. The second-order valence-corrected chi connectivity index (χ2v) is 4.94. The Kier molecular flexibility index (Phi) is 9.14. The number of unbranched alkanes of at least 4 members (excludes halogenated alkanes) is 2. The molecular formula is C14H30N2O. The van der Waals surface area contributed by atoms with Gasteiger partial charge in [0, 0.05) is 13.1 Å². The van der Waals surface area contributed by atoms with E-state index in [1.807, 2.05) is 4.90 Å². The maximum atomic E-state index is 12.3. The van der Waals surface area contributed by atoms with E-state index >= 15 is 0 Å². The Balaban J connectivity index is 4.38. The van der Waals surface area contributed by atoms with Crippen LogP contribution in [0.4, 0.5) is 0 Å². The zero-order valence-corrected chi connectivity index (χ0v) is 12.0. The molecule has 0 heterocycles. The molecule has 0 aliphatic heterocycles. The van der Waals surface area contributed by atoms with Crippen molar-refractivity contribution in [3.8, 4) is 0 Å². The van der Waals surface area contributed by atoms with E-state index in [1.165, 1.54) is 0 Å². The molecule has 3 heteroatoms. The Labute approximate surface area is 107 Å². The average Bonchev–Trinajstić information content (AvgIpc) is 2.36. The lowest BCUT2D eigenvalue weighted by Crippen LogP contribution is -2.47. The maximum Gasteiger partial charge on any atom is 0.239 e. The lowest BCUT2D eigenvalue weighted by molar-refractivity contribution is -0.133. The van der Waals surface area contributed by atoms with Crippen molar-refractivity contribution in [1.29, 1.82) is 0 Å². The second-order valence-electron chi connectivity index (χ2n) is 4.94. The number of carbonyl (C=O) groups is 1. The van der Waals surface area contributed by atoms with Gasteiger partial charge in [-0.15, -0.1) is 0 Å². The molecule has 102 valence electrons. The molecule has 1 amide bonds. The Hall–Kier alpha value is -0.570. The summed E-state index contributed by atoms with van der Waals surface area (Å²) in [6.07, 6.45) is 5.34. The van der Waals surface area contributed by atoms with Crippen molar-refractivity contribution in [2.75, 3.05) is 13.1 Å². The molecule has 0 aliphatic rings. The van der Waals surface area contributed by atoms with Gasteiger partial charge in [-0.2, -0.15) is 0 Å². The normalized spacial score (nSPS) is 14.4. The summed E-state index contributed by atoms with van der Waals surface area (Å²) in [5.74, 6) is 0.412. The molecule has 0 aromatic heterocycles. The zero-order valence-electron chi connectivity index (χ0n) is 12.0. The van der Waals surface area contributed by atoms with Crippen molar-refractivity contribution in [2.45, 2.75) is 65.8 Å². The van der Waals surface area contributed by atoms with Gasteiger partial charge in [-0.05, 0) is 18.8 Å². The van der Waals surface area contributed by atoms with Gasteiger partial charge in [0.1, 0.15) is 0 Å². The van der Waals surface area contributed by atoms with E-state index in [1.54, 1.807) is 0 Å². The van der Waals surface area contributed by atoms with Gasteiger partial charge in [0.2, 0.25) is 5.91 Å². The number of nitrogens with zero attached hydrogens (tertiary/aromatic N) is 1. The van der Waals surface area contributed by atoms with E-state index < -0.39 is 0 Å². The fraction of sp³-hybridized carbons (Fsp3) is 0.929. The number of nitrogens with two attached hydrogens (primary N) is 1. The van der Waals surface area contributed by atoms with Crippen LogP contribution in [0.1, 0.15) is 59.8 Å². The third-order valence-electron chi connectivity index (χ3n) is 3.42. The van der Waals surface area contributed by atoms with E-state index in [0.717, 1.165) is 45.2 Å². The molecule has 0 fully saturated rings. The smallest absolute Gasteiger partial charge is 0.239 e. The van der Waals surface area contributed by atoms with Crippen molar-refractivity contribution < 1.29 is 4.79 Å². The summed E-state index contributed by atoms with van der Waals surface area (Å²) in [7, 11) is 0. The first-order valence-corrected chi connectivity index (χ1v) is 7.12. The van der Waals surface area contributed by atoms with Crippen molar-refractivity contribution in [1.82, 2.24) is 4.90 Å². The third-order valence-corrected chi connectivity index (χ3v) is 3.42. The van der Waals surface area contributed by atoms with Gasteiger partial charge >= 0.3 is 0 Å². The van der Waals surface area contributed by atoms with Gasteiger partial charge < -0.3 is 10.6 Å². The second kappa shape index (κ2) is 9.46. The van der Waals surface area contributed by atoms with E-state index in [9.17, 15) is 4.79 Å². The summed E-state index contributed by atoms with van der Waals surface area (Å²) >= 11 is 0. The van der Waals surface area contributed by atoms with Gasteiger partial charge in [0.15, 0.2) is 0 Å². The van der Waals surface area contributed by atoms with Gasteiger partial charge in [0.25, 0.3) is 0 Å². The highest BCUT2D eigenvalue weighted by atomic mass is 16.2.